The Balaban J connectivity index is 1.44. The van der Waals surface area contributed by atoms with Gasteiger partial charge in [-0.25, -0.2) is 0 Å². The van der Waals surface area contributed by atoms with Crippen LogP contribution in [0.25, 0.3) is 0 Å². The number of aliphatic hydroxyl groups is 2. The highest BCUT2D eigenvalue weighted by atomic mass is 16.3. The molecule has 1 aliphatic heterocycles. The molecule has 0 spiro atoms. The second-order valence-corrected chi connectivity index (χ2v) is 11.2. The number of hydrogen-bond acceptors (Lipinski definition) is 3. The van der Waals surface area contributed by atoms with Crippen molar-refractivity contribution in [3.05, 3.63) is 46.0 Å². The maximum absolute atomic E-state index is 10.7. The van der Waals surface area contributed by atoms with Crippen molar-refractivity contribution < 1.29 is 10.2 Å². The van der Waals surface area contributed by atoms with Gasteiger partial charge in [0, 0.05) is 6.04 Å². The van der Waals surface area contributed by atoms with Crippen molar-refractivity contribution in [2.45, 2.75) is 96.3 Å². The maximum Gasteiger partial charge on any atom is 0.0702 e. The summed E-state index contributed by atoms with van der Waals surface area (Å²) in [6.07, 6.45) is 8.20. The van der Waals surface area contributed by atoms with E-state index < -0.39 is 0 Å². The summed E-state index contributed by atoms with van der Waals surface area (Å²) in [5.41, 5.74) is 7.79. The molecule has 0 aromatic heterocycles. The van der Waals surface area contributed by atoms with Crippen LogP contribution in [0, 0.1) is 24.2 Å². The Kier molecular flexibility index (Phi) is 5.16. The van der Waals surface area contributed by atoms with Gasteiger partial charge in [0.1, 0.15) is 0 Å². The van der Waals surface area contributed by atoms with Crippen LogP contribution in [-0.4, -0.2) is 35.0 Å². The van der Waals surface area contributed by atoms with Crippen molar-refractivity contribution in [1.29, 1.82) is 0 Å². The summed E-state index contributed by atoms with van der Waals surface area (Å²) in [5.74, 6) is 2.16. The van der Waals surface area contributed by atoms with Crippen LogP contribution in [0.5, 0.6) is 0 Å². The van der Waals surface area contributed by atoms with Crippen LogP contribution in [0.1, 0.15) is 87.0 Å². The maximum atomic E-state index is 10.7. The Morgan fingerprint density at radius 1 is 1.20 bits per heavy atom. The topological polar surface area (TPSA) is 52.5 Å². The van der Waals surface area contributed by atoms with E-state index in [2.05, 4.69) is 51.2 Å². The summed E-state index contributed by atoms with van der Waals surface area (Å²) in [6.45, 7) is 10.3. The quantitative estimate of drug-likeness (QED) is 0.626. The lowest BCUT2D eigenvalue weighted by molar-refractivity contribution is 0.0656. The molecule has 1 saturated carbocycles. The van der Waals surface area contributed by atoms with Crippen LogP contribution in [0.2, 0.25) is 0 Å². The van der Waals surface area contributed by atoms with Gasteiger partial charge in [-0.05, 0) is 103 Å². The van der Waals surface area contributed by atoms with Gasteiger partial charge in [-0.15, -0.1) is 0 Å². The average molecular weight is 410 g/mol. The number of hydrogen-bond donors (Lipinski definition) is 3. The van der Waals surface area contributed by atoms with E-state index in [1.807, 2.05) is 0 Å². The minimum absolute atomic E-state index is 0.143. The van der Waals surface area contributed by atoms with Crippen molar-refractivity contribution >= 4 is 0 Å². The molecule has 0 unspecified atom stereocenters. The molecule has 0 bridgehead atoms. The predicted molar refractivity (Wildman–Crippen MR) is 122 cm³/mol. The van der Waals surface area contributed by atoms with Gasteiger partial charge in [0.05, 0.1) is 12.2 Å². The molecule has 1 aromatic carbocycles. The first-order valence-electron chi connectivity index (χ1n) is 12.2. The summed E-state index contributed by atoms with van der Waals surface area (Å²) in [5, 5.41) is 24.6. The molecular weight excluding hydrogens is 370 g/mol. The molecule has 3 nitrogen and oxygen atoms in total. The number of piperidine rings is 1. The lowest BCUT2D eigenvalue weighted by Crippen LogP contribution is -2.50. The van der Waals surface area contributed by atoms with Crippen molar-refractivity contribution in [3.8, 4) is 0 Å². The van der Waals surface area contributed by atoms with Gasteiger partial charge < -0.3 is 15.5 Å². The van der Waals surface area contributed by atoms with Crippen LogP contribution in [0.4, 0.5) is 0 Å². The van der Waals surface area contributed by atoms with Gasteiger partial charge in [-0.1, -0.05) is 44.6 Å². The summed E-state index contributed by atoms with van der Waals surface area (Å²) in [6, 6.07) is 4.92. The standard InChI is InChI=1S/C27H39NO2/c1-15-11-25(30)26(28-14-15)17(3)20-7-8-21-22-6-5-18-12-19(29)9-10-27(18,4)24(22)13-23(21)16(20)2/h5,7-8,15,17,19,22,24-26,28-30H,6,9-14H2,1-4H3/t15-,17+,19-,22-,24+,25+,26+,27-/m0/s1. The molecular formula is C27H39NO2. The van der Waals surface area contributed by atoms with E-state index in [0.29, 0.717) is 23.7 Å². The molecule has 4 aliphatic rings. The minimum Gasteiger partial charge on any atom is -0.393 e. The highest BCUT2D eigenvalue weighted by molar-refractivity contribution is 5.49. The summed E-state index contributed by atoms with van der Waals surface area (Å²) in [7, 11) is 0. The Morgan fingerprint density at radius 3 is 2.77 bits per heavy atom. The normalized spacial score (nSPS) is 41.5. The third kappa shape index (κ3) is 3.12. The van der Waals surface area contributed by atoms with Gasteiger partial charge in [0.25, 0.3) is 0 Å². The predicted octanol–water partition coefficient (Wildman–Crippen LogP) is 4.59. The fraction of sp³-hybridized carbons (Fsp3) is 0.704. The number of nitrogens with one attached hydrogen (secondary N) is 1. The average Bonchev–Trinajstić information content (AvgIpc) is 3.09. The fourth-order valence-electron chi connectivity index (χ4n) is 7.49. The smallest absolute Gasteiger partial charge is 0.0702 e. The molecule has 1 aromatic rings. The Hall–Kier alpha value is -1.16. The molecule has 30 heavy (non-hydrogen) atoms. The molecule has 1 saturated heterocycles. The Morgan fingerprint density at radius 2 is 2.00 bits per heavy atom. The zero-order valence-electron chi connectivity index (χ0n) is 19.1. The second kappa shape index (κ2) is 7.46. The minimum atomic E-state index is -0.265. The highest BCUT2D eigenvalue weighted by Gasteiger charge is 2.50. The van der Waals surface area contributed by atoms with E-state index in [4.69, 9.17) is 0 Å². The third-order valence-electron chi connectivity index (χ3n) is 9.40. The monoisotopic (exact) mass is 409 g/mol. The molecule has 1 heterocycles. The van der Waals surface area contributed by atoms with E-state index in [0.717, 1.165) is 38.6 Å². The van der Waals surface area contributed by atoms with E-state index >= 15 is 0 Å². The zero-order valence-corrected chi connectivity index (χ0v) is 19.1. The van der Waals surface area contributed by atoms with Crippen molar-refractivity contribution in [2.75, 3.05) is 6.54 Å². The SMILES string of the molecule is Cc1c([C@@H](C)[C@H]2NC[C@@H](C)C[C@H]2O)ccc2c1C[C@@H]1[C@H]2CC=C2C[C@@H](O)CC[C@@]21C. The molecule has 5 rings (SSSR count). The zero-order chi connectivity index (χ0) is 21.2. The second-order valence-electron chi connectivity index (χ2n) is 11.2. The van der Waals surface area contributed by atoms with E-state index in [-0.39, 0.29) is 23.7 Å². The van der Waals surface area contributed by atoms with Gasteiger partial charge in [0.2, 0.25) is 0 Å². The van der Waals surface area contributed by atoms with E-state index in [1.54, 1.807) is 11.1 Å². The molecule has 0 amide bonds. The molecule has 8 atom stereocenters. The number of aliphatic hydroxyl groups excluding tert-OH is 2. The lowest BCUT2D eigenvalue weighted by Gasteiger charge is -2.48. The number of fused-ring (bicyclic) bond motifs is 5. The summed E-state index contributed by atoms with van der Waals surface area (Å²) >= 11 is 0. The van der Waals surface area contributed by atoms with Crippen molar-refractivity contribution in [2.24, 2.45) is 17.3 Å². The van der Waals surface area contributed by atoms with Crippen LogP contribution in [0.15, 0.2) is 23.8 Å². The lowest BCUT2D eigenvalue weighted by atomic mass is 9.57. The van der Waals surface area contributed by atoms with Crippen LogP contribution in [0.3, 0.4) is 0 Å². The van der Waals surface area contributed by atoms with Crippen molar-refractivity contribution in [1.82, 2.24) is 5.32 Å². The largest absolute Gasteiger partial charge is 0.393 e. The molecule has 3 aliphatic carbocycles. The first-order valence-corrected chi connectivity index (χ1v) is 12.2. The van der Waals surface area contributed by atoms with Gasteiger partial charge in [0.15, 0.2) is 0 Å². The third-order valence-corrected chi connectivity index (χ3v) is 9.40. The van der Waals surface area contributed by atoms with Crippen LogP contribution < -0.4 is 5.32 Å². The van der Waals surface area contributed by atoms with Gasteiger partial charge in [-0.2, -0.15) is 0 Å². The van der Waals surface area contributed by atoms with Crippen molar-refractivity contribution in [3.63, 3.8) is 0 Å². The molecule has 2 fully saturated rings. The molecule has 164 valence electrons. The number of benzene rings is 1. The molecule has 0 radical (unpaired) electrons. The Labute approximate surface area is 182 Å². The van der Waals surface area contributed by atoms with Gasteiger partial charge >= 0.3 is 0 Å². The number of allylic oxidation sites excluding steroid dienone is 1. The van der Waals surface area contributed by atoms with Gasteiger partial charge in [-0.3, -0.25) is 0 Å². The fourth-order valence-corrected chi connectivity index (χ4v) is 7.49. The summed E-state index contributed by atoms with van der Waals surface area (Å²) in [4.78, 5) is 0. The molecule has 3 N–H and O–H groups in total. The number of rotatable bonds is 2. The van der Waals surface area contributed by atoms with Crippen LogP contribution in [-0.2, 0) is 6.42 Å². The Bertz CT molecular complexity index is 861. The van der Waals surface area contributed by atoms with E-state index in [9.17, 15) is 10.2 Å². The highest BCUT2D eigenvalue weighted by Crippen LogP contribution is 2.60. The first-order chi connectivity index (χ1) is 14.3. The summed E-state index contributed by atoms with van der Waals surface area (Å²) < 4.78 is 0. The molecule has 3 heteroatoms. The van der Waals surface area contributed by atoms with E-state index in [1.165, 1.54) is 23.1 Å². The van der Waals surface area contributed by atoms with Crippen LogP contribution >= 0.6 is 0 Å². The first kappa shape index (κ1) is 20.7.